The molecule has 1 unspecified atom stereocenters. The number of piperidine rings is 1. The van der Waals surface area contributed by atoms with E-state index < -0.39 is 0 Å². The summed E-state index contributed by atoms with van der Waals surface area (Å²) in [5, 5.41) is 6.73. The van der Waals surface area contributed by atoms with E-state index in [4.69, 9.17) is 0 Å². The van der Waals surface area contributed by atoms with Crippen LogP contribution < -0.4 is 15.5 Å². The quantitative estimate of drug-likeness (QED) is 0.787. The Morgan fingerprint density at radius 2 is 2.38 bits per heavy atom. The molecule has 2 heterocycles. The summed E-state index contributed by atoms with van der Waals surface area (Å²) in [6, 6.07) is 2.36. The van der Waals surface area contributed by atoms with E-state index >= 15 is 0 Å². The molecule has 0 spiro atoms. The van der Waals surface area contributed by atoms with Crippen molar-refractivity contribution in [1.29, 1.82) is 0 Å². The van der Waals surface area contributed by atoms with E-state index in [9.17, 15) is 0 Å². The van der Waals surface area contributed by atoms with Crippen LogP contribution in [0.1, 0.15) is 12.8 Å². The fourth-order valence-electron chi connectivity index (χ4n) is 1.83. The van der Waals surface area contributed by atoms with Crippen molar-refractivity contribution >= 4 is 11.8 Å². The summed E-state index contributed by atoms with van der Waals surface area (Å²) in [4.78, 5) is 10.7. The van der Waals surface area contributed by atoms with Crippen molar-refractivity contribution < 1.29 is 0 Å². The lowest BCUT2D eigenvalue weighted by Gasteiger charge is -2.24. The van der Waals surface area contributed by atoms with Crippen LogP contribution in [0.3, 0.4) is 0 Å². The van der Waals surface area contributed by atoms with Gasteiger partial charge in [0.05, 0.1) is 0 Å². The molecular formula is C11H19N5. The highest BCUT2D eigenvalue weighted by Gasteiger charge is 2.13. The van der Waals surface area contributed by atoms with Crippen molar-refractivity contribution in [1.82, 2.24) is 15.3 Å². The zero-order valence-electron chi connectivity index (χ0n) is 9.90. The monoisotopic (exact) mass is 221 g/mol. The molecule has 1 aliphatic rings. The SMILES string of the molecule is CN(C)c1ccnc(NC2CCCNC2)n1. The summed E-state index contributed by atoms with van der Waals surface area (Å²) in [6.45, 7) is 2.12. The predicted molar refractivity (Wildman–Crippen MR) is 65.9 cm³/mol. The average Bonchev–Trinajstić information content (AvgIpc) is 2.30. The zero-order valence-corrected chi connectivity index (χ0v) is 9.90. The third kappa shape index (κ3) is 2.82. The van der Waals surface area contributed by atoms with Crippen LogP contribution in [0.5, 0.6) is 0 Å². The van der Waals surface area contributed by atoms with Gasteiger partial charge in [0.1, 0.15) is 5.82 Å². The molecule has 16 heavy (non-hydrogen) atoms. The van der Waals surface area contributed by atoms with Gasteiger partial charge >= 0.3 is 0 Å². The minimum Gasteiger partial charge on any atom is -0.363 e. The van der Waals surface area contributed by atoms with Crippen LogP contribution >= 0.6 is 0 Å². The Morgan fingerprint density at radius 3 is 3.06 bits per heavy atom. The molecule has 0 amide bonds. The predicted octanol–water partition coefficient (Wildman–Crippen LogP) is 0.706. The first-order valence-electron chi connectivity index (χ1n) is 5.73. The van der Waals surface area contributed by atoms with E-state index in [1.165, 1.54) is 12.8 Å². The van der Waals surface area contributed by atoms with Gasteiger partial charge in [0.2, 0.25) is 5.95 Å². The maximum absolute atomic E-state index is 4.44. The second-order valence-electron chi connectivity index (χ2n) is 4.32. The van der Waals surface area contributed by atoms with Gasteiger partial charge in [-0.3, -0.25) is 0 Å². The van der Waals surface area contributed by atoms with Gasteiger partial charge in [-0.2, -0.15) is 4.98 Å². The van der Waals surface area contributed by atoms with Gasteiger partial charge < -0.3 is 15.5 Å². The summed E-state index contributed by atoms with van der Waals surface area (Å²) >= 11 is 0. The van der Waals surface area contributed by atoms with Crippen molar-refractivity contribution in [3.05, 3.63) is 12.3 Å². The van der Waals surface area contributed by atoms with Gasteiger partial charge in [0.25, 0.3) is 0 Å². The largest absolute Gasteiger partial charge is 0.363 e. The first-order valence-corrected chi connectivity index (χ1v) is 5.73. The van der Waals surface area contributed by atoms with Crippen molar-refractivity contribution in [3.8, 4) is 0 Å². The molecule has 88 valence electrons. The van der Waals surface area contributed by atoms with Crippen LogP contribution in [-0.4, -0.2) is 43.2 Å². The van der Waals surface area contributed by atoms with Crippen molar-refractivity contribution in [2.45, 2.75) is 18.9 Å². The standard InChI is InChI=1S/C11H19N5/c1-16(2)10-5-7-13-11(15-10)14-9-4-3-6-12-8-9/h5,7,9,12H,3-4,6,8H2,1-2H3,(H,13,14,15). The molecule has 0 radical (unpaired) electrons. The molecule has 1 saturated heterocycles. The highest BCUT2D eigenvalue weighted by molar-refractivity contribution is 5.41. The number of rotatable bonds is 3. The minimum atomic E-state index is 0.450. The molecule has 2 rings (SSSR count). The van der Waals surface area contributed by atoms with Gasteiger partial charge in [0, 0.05) is 32.9 Å². The molecule has 0 saturated carbocycles. The molecule has 2 N–H and O–H groups in total. The minimum absolute atomic E-state index is 0.450. The third-order valence-electron chi connectivity index (χ3n) is 2.73. The first kappa shape index (κ1) is 11.1. The number of aromatic nitrogens is 2. The van der Waals surface area contributed by atoms with E-state index in [0.717, 1.165) is 24.9 Å². The van der Waals surface area contributed by atoms with Crippen molar-refractivity contribution in [2.75, 3.05) is 37.4 Å². The van der Waals surface area contributed by atoms with Gasteiger partial charge in [0.15, 0.2) is 0 Å². The number of nitrogens with zero attached hydrogens (tertiary/aromatic N) is 3. The smallest absolute Gasteiger partial charge is 0.224 e. The Balaban J connectivity index is 2.00. The second kappa shape index (κ2) is 5.12. The molecule has 1 fully saturated rings. The van der Waals surface area contributed by atoms with E-state index in [-0.39, 0.29) is 0 Å². The summed E-state index contributed by atoms with van der Waals surface area (Å²) < 4.78 is 0. The Labute approximate surface area is 96.3 Å². The number of nitrogens with one attached hydrogen (secondary N) is 2. The Hall–Kier alpha value is -1.36. The molecule has 0 aromatic carbocycles. The fraction of sp³-hybridized carbons (Fsp3) is 0.636. The summed E-state index contributed by atoms with van der Waals surface area (Å²) in [7, 11) is 3.96. The van der Waals surface area contributed by atoms with E-state index in [0.29, 0.717) is 6.04 Å². The number of hydrogen-bond acceptors (Lipinski definition) is 5. The molecule has 1 aromatic heterocycles. The molecule has 5 nitrogen and oxygen atoms in total. The maximum Gasteiger partial charge on any atom is 0.224 e. The zero-order chi connectivity index (χ0) is 11.4. The molecule has 1 atom stereocenters. The summed E-state index contributed by atoms with van der Waals surface area (Å²) in [5.41, 5.74) is 0. The molecule has 0 bridgehead atoms. The lowest BCUT2D eigenvalue weighted by molar-refractivity contribution is 0.478. The van der Waals surface area contributed by atoms with Crippen LogP contribution in [0.2, 0.25) is 0 Å². The van der Waals surface area contributed by atoms with Crippen LogP contribution in [0, 0.1) is 0 Å². The normalized spacial score (nSPS) is 20.5. The maximum atomic E-state index is 4.44. The Morgan fingerprint density at radius 1 is 1.50 bits per heavy atom. The molecular weight excluding hydrogens is 202 g/mol. The van der Waals surface area contributed by atoms with E-state index in [1.54, 1.807) is 6.20 Å². The van der Waals surface area contributed by atoms with Gasteiger partial charge in [-0.1, -0.05) is 0 Å². The van der Waals surface area contributed by atoms with Gasteiger partial charge in [-0.15, -0.1) is 0 Å². The topological polar surface area (TPSA) is 53.1 Å². The van der Waals surface area contributed by atoms with E-state index in [1.807, 2.05) is 25.1 Å². The van der Waals surface area contributed by atoms with Crippen molar-refractivity contribution in [2.24, 2.45) is 0 Å². The highest BCUT2D eigenvalue weighted by atomic mass is 15.2. The van der Waals surface area contributed by atoms with Crippen LogP contribution in [-0.2, 0) is 0 Å². The van der Waals surface area contributed by atoms with Crippen molar-refractivity contribution in [3.63, 3.8) is 0 Å². The fourth-order valence-corrected chi connectivity index (χ4v) is 1.83. The number of anilines is 2. The molecule has 5 heteroatoms. The van der Waals surface area contributed by atoms with Crippen LogP contribution in [0.15, 0.2) is 12.3 Å². The highest BCUT2D eigenvalue weighted by Crippen LogP contribution is 2.11. The molecule has 1 aliphatic heterocycles. The first-order chi connectivity index (χ1) is 7.75. The lowest BCUT2D eigenvalue weighted by Crippen LogP contribution is -2.38. The summed E-state index contributed by atoms with van der Waals surface area (Å²) in [6.07, 6.45) is 4.19. The lowest BCUT2D eigenvalue weighted by atomic mass is 10.1. The average molecular weight is 221 g/mol. The van der Waals surface area contributed by atoms with Crippen LogP contribution in [0.4, 0.5) is 11.8 Å². The van der Waals surface area contributed by atoms with Crippen LogP contribution in [0.25, 0.3) is 0 Å². The Kier molecular flexibility index (Phi) is 3.56. The molecule has 1 aromatic rings. The second-order valence-corrected chi connectivity index (χ2v) is 4.32. The Bertz CT molecular complexity index is 333. The number of hydrogen-bond donors (Lipinski definition) is 2. The summed E-state index contributed by atoms with van der Waals surface area (Å²) in [5.74, 6) is 1.65. The van der Waals surface area contributed by atoms with E-state index in [2.05, 4.69) is 20.6 Å². The van der Waals surface area contributed by atoms with Gasteiger partial charge in [-0.25, -0.2) is 4.98 Å². The molecule has 0 aliphatic carbocycles. The van der Waals surface area contributed by atoms with Gasteiger partial charge in [-0.05, 0) is 25.5 Å². The third-order valence-corrected chi connectivity index (χ3v) is 2.73.